The Balaban J connectivity index is 1.74. The molecule has 0 atom stereocenters. The molecule has 0 spiro atoms. The zero-order chi connectivity index (χ0) is 24.2. The minimum absolute atomic E-state index is 0.0384. The number of nitrogens with zero attached hydrogens (tertiary/aromatic N) is 3. The highest BCUT2D eigenvalue weighted by Gasteiger charge is 2.14. The maximum absolute atomic E-state index is 12.8. The maximum atomic E-state index is 12.8. The number of rotatable bonds is 7. The van der Waals surface area contributed by atoms with Gasteiger partial charge in [-0.1, -0.05) is 58.8 Å². The number of ketones is 1. The summed E-state index contributed by atoms with van der Waals surface area (Å²) < 4.78 is 0. The molecule has 8 nitrogen and oxygen atoms in total. The van der Waals surface area contributed by atoms with E-state index in [1.54, 1.807) is 37.3 Å². The lowest BCUT2D eigenvalue weighted by Crippen LogP contribution is -2.11. The summed E-state index contributed by atoms with van der Waals surface area (Å²) >= 11 is 13.7. The van der Waals surface area contributed by atoms with Crippen LogP contribution in [0.2, 0.25) is 10.0 Å². The molecule has 0 aliphatic rings. The predicted octanol–water partition coefficient (Wildman–Crippen LogP) is 7.55. The normalized spacial score (nSPS) is 11.1. The smallest absolute Gasteiger partial charge is 0.277 e. The largest absolute Gasteiger partial charge is 0.351 e. The fraction of sp³-hybridized carbons (Fsp3) is 0.0870. The first-order valence-electron chi connectivity index (χ1n) is 10.0. The Bertz CT molecular complexity index is 1460. The Kier molecular flexibility index (Phi) is 7.06. The van der Waals surface area contributed by atoms with Crippen LogP contribution in [-0.2, 0) is 0 Å². The quantitative estimate of drug-likeness (QED) is 0.175. The van der Waals surface area contributed by atoms with Crippen LogP contribution in [0.4, 0.5) is 33.7 Å². The van der Waals surface area contributed by atoms with Crippen LogP contribution in [0.1, 0.15) is 22.3 Å². The van der Waals surface area contributed by atoms with Crippen LogP contribution in [0.5, 0.6) is 0 Å². The molecular weight excluding hydrogens is 495 g/mol. The summed E-state index contributed by atoms with van der Waals surface area (Å²) in [5, 5.41) is 15.7. The van der Waals surface area contributed by atoms with Crippen molar-refractivity contribution >= 4 is 74.0 Å². The third-order valence-electron chi connectivity index (χ3n) is 4.65. The molecule has 2 aromatic carbocycles. The van der Waals surface area contributed by atoms with Gasteiger partial charge in [0.05, 0.1) is 37.7 Å². The molecule has 0 fully saturated rings. The van der Waals surface area contributed by atoms with Crippen molar-refractivity contribution in [2.45, 2.75) is 13.8 Å². The van der Waals surface area contributed by atoms with Crippen molar-refractivity contribution in [1.29, 1.82) is 0 Å². The van der Waals surface area contributed by atoms with Gasteiger partial charge in [-0.05, 0) is 37.3 Å². The van der Waals surface area contributed by atoms with Crippen LogP contribution in [0, 0.1) is 6.92 Å². The highest BCUT2D eigenvalue weighted by atomic mass is 35.5. The third kappa shape index (κ3) is 5.33. The second-order valence-electron chi connectivity index (χ2n) is 7.15. The number of azo groups is 1. The number of hydrogen-bond donors (Lipinski definition) is 3. The van der Waals surface area contributed by atoms with Gasteiger partial charge in [0.15, 0.2) is 11.5 Å². The maximum Gasteiger partial charge on any atom is 0.277 e. The molecule has 0 saturated carbocycles. The fourth-order valence-corrected chi connectivity index (χ4v) is 4.19. The number of para-hydroxylation sites is 2. The number of pyridine rings is 1. The molecule has 2 aromatic heterocycles. The first-order valence-corrected chi connectivity index (χ1v) is 11.6. The molecule has 0 aliphatic heterocycles. The summed E-state index contributed by atoms with van der Waals surface area (Å²) in [7, 11) is 0. The molecule has 0 aliphatic carbocycles. The number of aromatic nitrogens is 2. The number of carbonyl (C=O) groups excluding carboxylic acids is 1. The van der Waals surface area contributed by atoms with Gasteiger partial charge in [0.2, 0.25) is 5.13 Å². The lowest BCUT2D eigenvalue weighted by atomic mass is 10.2. The first-order chi connectivity index (χ1) is 16.3. The van der Waals surface area contributed by atoms with Gasteiger partial charge in [0, 0.05) is 6.92 Å². The van der Waals surface area contributed by atoms with E-state index in [2.05, 4.69) is 30.8 Å². The van der Waals surface area contributed by atoms with Crippen molar-refractivity contribution in [3.05, 3.63) is 85.6 Å². The van der Waals surface area contributed by atoms with E-state index >= 15 is 0 Å². The fourth-order valence-electron chi connectivity index (χ4n) is 3.04. The molecule has 0 amide bonds. The zero-order valence-corrected chi connectivity index (χ0v) is 20.3. The molecule has 4 aromatic rings. The minimum Gasteiger partial charge on any atom is -0.351 e. The standard InChI is InChI=1S/C23H18Cl2N6O2S/c1-12-20(13(2)32)34-23(26-12)31-30-19-11-18(27-16-9-5-3-7-14(16)24)21(29-22(19)33)28-17-10-6-4-8-15(17)25/h3-11,27H,1-2H3,(H2,28,29,33). The molecule has 0 saturated heterocycles. The third-order valence-corrected chi connectivity index (χ3v) is 6.45. The molecule has 11 heteroatoms. The van der Waals surface area contributed by atoms with Gasteiger partial charge in [-0.3, -0.25) is 9.59 Å². The van der Waals surface area contributed by atoms with E-state index in [1.807, 2.05) is 18.2 Å². The van der Waals surface area contributed by atoms with E-state index in [0.717, 1.165) is 11.3 Å². The average Bonchev–Trinajstić information content (AvgIpc) is 3.18. The van der Waals surface area contributed by atoms with Crippen molar-refractivity contribution in [3.63, 3.8) is 0 Å². The van der Waals surface area contributed by atoms with Crippen molar-refractivity contribution in [1.82, 2.24) is 9.97 Å². The van der Waals surface area contributed by atoms with Gasteiger partial charge in [-0.25, -0.2) is 4.98 Å². The minimum atomic E-state index is -0.483. The highest BCUT2D eigenvalue weighted by molar-refractivity contribution is 7.17. The Morgan fingerprint density at radius 2 is 1.59 bits per heavy atom. The number of H-pyrrole nitrogens is 1. The number of aromatic amines is 1. The molecular formula is C23H18Cl2N6O2S. The predicted molar refractivity (Wildman–Crippen MR) is 138 cm³/mol. The summed E-state index contributed by atoms with van der Waals surface area (Å²) in [6.07, 6.45) is 0. The Hall–Kier alpha value is -3.53. The zero-order valence-electron chi connectivity index (χ0n) is 18.0. The van der Waals surface area contributed by atoms with Crippen LogP contribution in [0.25, 0.3) is 0 Å². The molecule has 3 N–H and O–H groups in total. The van der Waals surface area contributed by atoms with Crippen LogP contribution in [0.15, 0.2) is 69.6 Å². The summed E-state index contributed by atoms with van der Waals surface area (Å²) in [5.41, 5.74) is 1.84. The van der Waals surface area contributed by atoms with Crippen molar-refractivity contribution in [2.24, 2.45) is 10.2 Å². The molecule has 172 valence electrons. The van der Waals surface area contributed by atoms with Gasteiger partial charge in [-0.2, -0.15) is 0 Å². The Labute approximate surface area is 208 Å². The van der Waals surface area contributed by atoms with Crippen molar-refractivity contribution in [2.75, 3.05) is 10.6 Å². The van der Waals surface area contributed by atoms with Gasteiger partial charge in [0.1, 0.15) is 5.82 Å². The van der Waals surface area contributed by atoms with Gasteiger partial charge >= 0.3 is 0 Å². The van der Waals surface area contributed by atoms with Crippen LogP contribution in [0.3, 0.4) is 0 Å². The van der Waals surface area contributed by atoms with Crippen LogP contribution >= 0.6 is 34.5 Å². The summed E-state index contributed by atoms with van der Waals surface area (Å²) in [4.78, 5) is 32.0. The second kappa shape index (κ2) is 10.2. The highest BCUT2D eigenvalue weighted by Crippen LogP contribution is 2.34. The van der Waals surface area contributed by atoms with E-state index in [1.165, 1.54) is 13.0 Å². The molecule has 2 heterocycles. The number of thiazole rings is 1. The molecule has 4 rings (SSSR count). The Morgan fingerprint density at radius 1 is 0.971 bits per heavy atom. The summed E-state index contributed by atoms with van der Waals surface area (Å²) in [5.74, 6) is 0.261. The van der Waals surface area contributed by atoms with Crippen LogP contribution in [-0.4, -0.2) is 15.8 Å². The van der Waals surface area contributed by atoms with Gasteiger partial charge in [-0.15, -0.1) is 10.2 Å². The monoisotopic (exact) mass is 512 g/mol. The SMILES string of the molecule is CC(=O)c1sc(N=Nc2cc(Nc3ccccc3Cl)c(Nc3ccccc3Cl)[nH]c2=O)nc1C. The first kappa shape index (κ1) is 23.6. The van der Waals surface area contributed by atoms with E-state index < -0.39 is 5.56 Å². The molecule has 34 heavy (non-hydrogen) atoms. The number of Topliss-reactive ketones (excluding diaryl/α,β-unsaturated/α-hetero) is 1. The number of carbonyl (C=O) groups is 1. The topological polar surface area (TPSA) is 112 Å². The van der Waals surface area contributed by atoms with E-state index in [0.29, 0.717) is 43.5 Å². The van der Waals surface area contributed by atoms with Crippen molar-refractivity contribution < 1.29 is 4.79 Å². The van der Waals surface area contributed by atoms with Crippen LogP contribution < -0.4 is 16.2 Å². The van der Waals surface area contributed by atoms with Gasteiger partial charge < -0.3 is 15.6 Å². The molecule has 0 unspecified atom stereocenters. The summed E-state index contributed by atoms with van der Waals surface area (Å²) in [6.45, 7) is 3.18. The number of hydrogen-bond acceptors (Lipinski definition) is 8. The van der Waals surface area contributed by atoms with E-state index in [-0.39, 0.29) is 16.6 Å². The second-order valence-corrected chi connectivity index (χ2v) is 8.94. The number of halogens is 2. The lowest BCUT2D eigenvalue weighted by molar-refractivity contribution is 0.102. The van der Waals surface area contributed by atoms with E-state index in [4.69, 9.17) is 23.2 Å². The number of benzene rings is 2. The molecule has 0 radical (unpaired) electrons. The Morgan fingerprint density at radius 3 is 2.18 bits per heavy atom. The van der Waals surface area contributed by atoms with Crippen molar-refractivity contribution in [3.8, 4) is 0 Å². The molecule has 0 bridgehead atoms. The average molecular weight is 513 g/mol. The number of aryl methyl sites for hydroxylation is 1. The number of nitrogens with one attached hydrogen (secondary N) is 3. The van der Waals surface area contributed by atoms with E-state index in [9.17, 15) is 9.59 Å². The summed E-state index contributed by atoms with van der Waals surface area (Å²) in [6, 6.07) is 15.9. The lowest BCUT2D eigenvalue weighted by Gasteiger charge is -2.15. The number of anilines is 4. The van der Waals surface area contributed by atoms with Gasteiger partial charge in [0.25, 0.3) is 5.56 Å².